The van der Waals surface area contributed by atoms with Crippen molar-refractivity contribution in [3.8, 4) is 0 Å². The van der Waals surface area contributed by atoms with Gasteiger partial charge in [-0.25, -0.2) is 5.84 Å². The van der Waals surface area contributed by atoms with Crippen LogP contribution in [0.3, 0.4) is 0 Å². The number of nitrogens with one attached hydrogen (secondary N) is 2. The first-order valence-electron chi connectivity index (χ1n) is 4.56. The molecule has 0 radical (unpaired) electrons. The maximum absolute atomic E-state index is 5.92. The topological polar surface area (TPSA) is 92.5 Å². The maximum Gasteiger partial charge on any atom is 0.258 e. The molecule has 2 aromatic heterocycles. The van der Waals surface area contributed by atoms with E-state index in [2.05, 4.69) is 25.6 Å². The average molecular weight is 235 g/mol. The van der Waals surface area contributed by atoms with Crippen molar-refractivity contribution in [2.45, 2.75) is 0 Å². The lowest BCUT2D eigenvalue weighted by Crippen LogP contribution is -2.10. The van der Waals surface area contributed by atoms with Crippen molar-refractivity contribution >= 4 is 39.6 Å². The lowest BCUT2D eigenvalue weighted by Gasteiger charge is -1.94. The zero-order valence-electron chi connectivity index (χ0n) is 8.03. The van der Waals surface area contributed by atoms with E-state index in [4.69, 9.17) is 17.4 Å². The monoisotopic (exact) mass is 234 g/mol. The number of aromatic nitrogens is 4. The number of nitrogens with zero attached hydrogens (tertiary/aromatic N) is 3. The van der Waals surface area contributed by atoms with Gasteiger partial charge in [0.05, 0.1) is 0 Å². The molecule has 7 heteroatoms. The third-order valence-electron chi connectivity index (χ3n) is 2.31. The zero-order chi connectivity index (χ0) is 11.1. The molecule has 0 spiro atoms. The summed E-state index contributed by atoms with van der Waals surface area (Å²) in [6.45, 7) is 0. The van der Waals surface area contributed by atoms with Crippen LogP contribution >= 0.6 is 11.6 Å². The minimum atomic E-state index is 0.269. The number of anilines is 1. The number of nitrogens with two attached hydrogens (primary N) is 1. The average Bonchev–Trinajstić information content (AvgIpc) is 2.66. The van der Waals surface area contributed by atoms with E-state index in [-0.39, 0.29) is 5.95 Å². The van der Waals surface area contributed by atoms with Crippen LogP contribution in [-0.4, -0.2) is 20.2 Å². The second-order valence-electron chi connectivity index (χ2n) is 3.29. The van der Waals surface area contributed by atoms with Gasteiger partial charge in [0.15, 0.2) is 5.65 Å². The minimum Gasteiger partial charge on any atom is -0.338 e. The highest BCUT2D eigenvalue weighted by Crippen LogP contribution is 2.25. The van der Waals surface area contributed by atoms with E-state index >= 15 is 0 Å². The zero-order valence-corrected chi connectivity index (χ0v) is 8.78. The molecule has 0 saturated heterocycles. The molecule has 0 amide bonds. The second kappa shape index (κ2) is 3.29. The molecule has 0 unspecified atom stereocenters. The SMILES string of the molecule is NNc1nnc2c(n1)[nH]c1ccc(Cl)cc12. The van der Waals surface area contributed by atoms with Gasteiger partial charge in [-0.05, 0) is 18.2 Å². The van der Waals surface area contributed by atoms with Crippen molar-refractivity contribution in [3.05, 3.63) is 23.2 Å². The lowest BCUT2D eigenvalue weighted by molar-refractivity contribution is 1.01. The van der Waals surface area contributed by atoms with E-state index in [1.165, 1.54) is 0 Å². The number of H-pyrrole nitrogens is 1. The Labute approximate surface area is 94.8 Å². The van der Waals surface area contributed by atoms with Crippen molar-refractivity contribution in [2.24, 2.45) is 5.84 Å². The fourth-order valence-electron chi connectivity index (χ4n) is 1.60. The number of hydrogen-bond donors (Lipinski definition) is 3. The Morgan fingerprint density at radius 2 is 2.19 bits per heavy atom. The van der Waals surface area contributed by atoms with Gasteiger partial charge in [0.2, 0.25) is 0 Å². The van der Waals surface area contributed by atoms with Crippen LogP contribution in [0.5, 0.6) is 0 Å². The number of halogens is 1. The van der Waals surface area contributed by atoms with Gasteiger partial charge in [-0.3, -0.25) is 5.43 Å². The summed E-state index contributed by atoms with van der Waals surface area (Å²) < 4.78 is 0. The number of hydrogen-bond acceptors (Lipinski definition) is 5. The quantitative estimate of drug-likeness (QED) is 0.438. The Balaban J connectivity index is 2.41. The van der Waals surface area contributed by atoms with E-state index < -0.39 is 0 Å². The molecular formula is C9H7ClN6. The van der Waals surface area contributed by atoms with Gasteiger partial charge in [0, 0.05) is 15.9 Å². The molecule has 0 saturated carbocycles. The molecule has 3 aromatic rings. The number of fused-ring (bicyclic) bond motifs is 3. The summed E-state index contributed by atoms with van der Waals surface area (Å²) >= 11 is 5.92. The van der Waals surface area contributed by atoms with Gasteiger partial charge >= 0.3 is 0 Å². The predicted molar refractivity (Wildman–Crippen MR) is 62.0 cm³/mol. The number of nitrogen functional groups attached to an aromatic ring is 1. The summed E-state index contributed by atoms with van der Waals surface area (Å²) in [6, 6.07) is 5.49. The van der Waals surface area contributed by atoms with Crippen molar-refractivity contribution in [1.82, 2.24) is 20.2 Å². The summed E-state index contributed by atoms with van der Waals surface area (Å²) in [5.41, 5.74) is 4.56. The van der Waals surface area contributed by atoms with Crippen molar-refractivity contribution in [1.29, 1.82) is 0 Å². The molecule has 0 aliphatic rings. The van der Waals surface area contributed by atoms with Crippen LogP contribution in [0, 0.1) is 0 Å². The van der Waals surface area contributed by atoms with Gasteiger partial charge in [0.25, 0.3) is 5.95 Å². The minimum absolute atomic E-state index is 0.269. The van der Waals surface area contributed by atoms with Crippen LogP contribution in [0.1, 0.15) is 0 Å². The third kappa shape index (κ3) is 1.28. The van der Waals surface area contributed by atoms with E-state index in [1.54, 1.807) is 6.07 Å². The summed E-state index contributed by atoms with van der Waals surface area (Å²) in [6.07, 6.45) is 0. The summed E-state index contributed by atoms with van der Waals surface area (Å²) in [5, 5.41) is 9.40. The van der Waals surface area contributed by atoms with E-state index in [9.17, 15) is 0 Å². The molecule has 0 bridgehead atoms. The normalized spacial score (nSPS) is 11.1. The Morgan fingerprint density at radius 3 is 3.00 bits per heavy atom. The lowest BCUT2D eigenvalue weighted by atomic mass is 10.2. The highest BCUT2D eigenvalue weighted by molar-refractivity contribution is 6.31. The van der Waals surface area contributed by atoms with E-state index in [0.29, 0.717) is 16.2 Å². The van der Waals surface area contributed by atoms with Crippen LogP contribution in [0.25, 0.3) is 22.1 Å². The van der Waals surface area contributed by atoms with Gasteiger partial charge in [-0.15, -0.1) is 10.2 Å². The first-order valence-corrected chi connectivity index (χ1v) is 4.94. The van der Waals surface area contributed by atoms with Gasteiger partial charge in [-0.2, -0.15) is 4.98 Å². The molecular weight excluding hydrogens is 228 g/mol. The molecule has 1 aromatic carbocycles. The second-order valence-corrected chi connectivity index (χ2v) is 3.73. The molecule has 0 atom stereocenters. The molecule has 3 rings (SSSR count). The van der Waals surface area contributed by atoms with Gasteiger partial charge < -0.3 is 4.98 Å². The largest absolute Gasteiger partial charge is 0.338 e. The predicted octanol–water partition coefficient (Wildman–Crippen LogP) is 1.45. The standard InChI is InChI=1S/C9H7ClN6/c10-4-1-2-6-5(3-4)7-8(12-6)13-9(14-11)16-15-7/h1-3H,11H2,(H2,12,13,14,16). The maximum atomic E-state index is 5.92. The number of hydrazine groups is 1. The number of benzene rings is 1. The Bertz CT molecular complexity index is 676. The molecule has 0 aliphatic heterocycles. The first-order chi connectivity index (χ1) is 7.78. The first kappa shape index (κ1) is 9.32. The van der Waals surface area contributed by atoms with E-state index in [1.807, 2.05) is 12.1 Å². The summed E-state index contributed by atoms with van der Waals surface area (Å²) in [5.74, 6) is 5.48. The molecule has 6 nitrogen and oxygen atoms in total. The Morgan fingerprint density at radius 1 is 1.31 bits per heavy atom. The summed E-state index contributed by atoms with van der Waals surface area (Å²) in [7, 11) is 0. The van der Waals surface area contributed by atoms with Crippen molar-refractivity contribution in [2.75, 3.05) is 5.43 Å². The molecule has 0 aliphatic carbocycles. The number of aromatic amines is 1. The number of rotatable bonds is 1. The summed E-state index contributed by atoms with van der Waals surface area (Å²) in [4.78, 5) is 7.26. The molecule has 2 heterocycles. The Hall–Kier alpha value is -1.92. The van der Waals surface area contributed by atoms with Gasteiger partial charge in [0.1, 0.15) is 5.52 Å². The molecule has 16 heavy (non-hydrogen) atoms. The Kier molecular flexibility index (Phi) is 1.92. The van der Waals surface area contributed by atoms with E-state index in [0.717, 1.165) is 10.9 Å². The van der Waals surface area contributed by atoms with Crippen molar-refractivity contribution < 1.29 is 0 Å². The molecule has 0 fully saturated rings. The van der Waals surface area contributed by atoms with Crippen LogP contribution in [0.15, 0.2) is 18.2 Å². The smallest absolute Gasteiger partial charge is 0.258 e. The highest BCUT2D eigenvalue weighted by Gasteiger charge is 2.08. The fraction of sp³-hybridized carbons (Fsp3) is 0. The molecule has 80 valence electrons. The van der Waals surface area contributed by atoms with Crippen LogP contribution in [0.4, 0.5) is 5.95 Å². The molecule has 4 N–H and O–H groups in total. The van der Waals surface area contributed by atoms with Crippen molar-refractivity contribution in [3.63, 3.8) is 0 Å². The van der Waals surface area contributed by atoms with Crippen LogP contribution in [0.2, 0.25) is 5.02 Å². The fourth-order valence-corrected chi connectivity index (χ4v) is 1.78. The van der Waals surface area contributed by atoms with Crippen LogP contribution < -0.4 is 11.3 Å². The van der Waals surface area contributed by atoms with Gasteiger partial charge in [-0.1, -0.05) is 11.6 Å². The van der Waals surface area contributed by atoms with Crippen LogP contribution in [-0.2, 0) is 0 Å². The third-order valence-corrected chi connectivity index (χ3v) is 2.54. The highest BCUT2D eigenvalue weighted by atomic mass is 35.5.